The summed E-state index contributed by atoms with van der Waals surface area (Å²) < 4.78 is 26.5. The van der Waals surface area contributed by atoms with Crippen LogP contribution in [0.3, 0.4) is 0 Å². The van der Waals surface area contributed by atoms with Gasteiger partial charge in [-0.3, -0.25) is 0 Å². The Morgan fingerprint density at radius 2 is 1.81 bits per heavy atom. The van der Waals surface area contributed by atoms with Gasteiger partial charge in [0.1, 0.15) is 11.9 Å². The SMILES string of the molecule is CC(Oc1ccc([C@@H]2C[C@H](CN[C@H](C)c3cccc4ccccc34)Oc3ccccc32)cc1F)C(=O)O. The first-order valence-corrected chi connectivity index (χ1v) is 12.6. The van der Waals surface area contributed by atoms with E-state index in [2.05, 4.69) is 48.6 Å². The molecule has 2 N–H and O–H groups in total. The molecule has 1 heterocycles. The molecule has 4 aromatic carbocycles. The number of halogens is 1. The topological polar surface area (TPSA) is 67.8 Å². The minimum absolute atomic E-state index is 0.0648. The molecule has 4 aromatic rings. The first-order chi connectivity index (χ1) is 17.9. The van der Waals surface area contributed by atoms with Crippen LogP contribution >= 0.6 is 0 Å². The van der Waals surface area contributed by atoms with E-state index in [0.717, 1.165) is 16.9 Å². The Morgan fingerprint density at radius 1 is 1.05 bits per heavy atom. The number of carboxylic acids is 1. The van der Waals surface area contributed by atoms with Crippen LogP contribution in [0, 0.1) is 5.82 Å². The van der Waals surface area contributed by atoms with Crippen molar-refractivity contribution in [2.24, 2.45) is 0 Å². The predicted molar refractivity (Wildman–Crippen MR) is 142 cm³/mol. The Bertz CT molecular complexity index is 1420. The van der Waals surface area contributed by atoms with Crippen molar-refractivity contribution in [1.29, 1.82) is 0 Å². The number of hydrogen-bond donors (Lipinski definition) is 2. The third kappa shape index (κ3) is 5.30. The Kier molecular flexibility index (Phi) is 7.10. The van der Waals surface area contributed by atoms with E-state index in [1.165, 1.54) is 35.4 Å². The predicted octanol–water partition coefficient (Wildman–Crippen LogP) is 6.46. The monoisotopic (exact) mass is 499 g/mol. The summed E-state index contributed by atoms with van der Waals surface area (Å²) in [7, 11) is 0. The van der Waals surface area contributed by atoms with Crippen LogP contribution in [0.4, 0.5) is 4.39 Å². The molecule has 5 nitrogen and oxygen atoms in total. The lowest BCUT2D eigenvalue weighted by Gasteiger charge is -2.33. The fourth-order valence-electron chi connectivity index (χ4n) is 5.05. The molecular formula is C31H30FNO4. The van der Waals surface area contributed by atoms with Crippen molar-refractivity contribution in [3.05, 3.63) is 107 Å². The number of nitrogens with one attached hydrogen (secondary N) is 1. The molecule has 0 aromatic heterocycles. The van der Waals surface area contributed by atoms with E-state index in [1.54, 1.807) is 0 Å². The van der Waals surface area contributed by atoms with E-state index in [4.69, 9.17) is 14.6 Å². The van der Waals surface area contributed by atoms with Crippen molar-refractivity contribution in [2.75, 3.05) is 6.54 Å². The Morgan fingerprint density at radius 3 is 2.62 bits per heavy atom. The zero-order valence-corrected chi connectivity index (χ0v) is 20.9. The Balaban J connectivity index is 1.35. The maximum absolute atomic E-state index is 14.9. The smallest absolute Gasteiger partial charge is 0.344 e. The molecule has 0 fully saturated rings. The van der Waals surface area contributed by atoms with Gasteiger partial charge >= 0.3 is 5.97 Å². The molecule has 0 radical (unpaired) electrons. The third-order valence-electron chi connectivity index (χ3n) is 7.04. The molecule has 0 saturated heterocycles. The molecule has 1 aliphatic heterocycles. The average Bonchev–Trinajstić information content (AvgIpc) is 2.92. The van der Waals surface area contributed by atoms with Crippen LogP contribution in [-0.2, 0) is 4.79 Å². The van der Waals surface area contributed by atoms with Gasteiger partial charge in [0.15, 0.2) is 17.7 Å². The highest BCUT2D eigenvalue weighted by molar-refractivity contribution is 5.86. The van der Waals surface area contributed by atoms with Gasteiger partial charge < -0.3 is 19.9 Å². The minimum Gasteiger partial charge on any atom is -0.489 e. The maximum atomic E-state index is 14.9. The van der Waals surface area contributed by atoms with Gasteiger partial charge in [-0.2, -0.15) is 0 Å². The van der Waals surface area contributed by atoms with E-state index in [1.807, 2.05) is 36.4 Å². The second-order valence-corrected chi connectivity index (χ2v) is 9.55. The standard InChI is InChI=1S/C31H30FNO4/c1-19(24-12-7-9-21-8-3-4-10-25(21)24)33-18-23-17-27(26-11-5-6-13-29(26)37-23)22-14-15-30(28(32)16-22)36-20(2)31(34)35/h3-16,19-20,23,27,33H,17-18H2,1-2H3,(H,34,35)/t19-,20?,23-,27+/m1/s1. The lowest BCUT2D eigenvalue weighted by atomic mass is 9.84. The average molecular weight is 500 g/mol. The van der Waals surface area contributed by atoms with Gasteiger partial charge in [-0.25, -0.2) is 9.18 Å². The van der Waals surface area contributed by atoms with Crippen molar-refractivity contribution in [3.63, 3.8) is 0 Å². The number of carboxylic acid groups (broad SMARTS) is 1. The summed E-state index contributed by atoms with van der Waals surface area (Å²) in [4.78, 5) is 11.1. The van der Waals surface area contributed by atoms with Crippen LogP contribution in [-0.4, -0.2) is 29.8 Å². The normalized spacial score (nSPS) is 18.5. The number of benzene rings is 4. The highest BCUT2D eigenvalue weighted by atomic mass is 19.1. The first kappa shape index (κ1) is 24.8. The molecule has 1 unspecified atom stereocenters. The lowest BCUT2D eigenvalue weighted by Crippen LogP contribution is -2.37. The minimum atomic E-state index is -1.14. The summed E-state index contributed by atoms with van der Waals surface area (Å²) in [5.74, 6) is -1.06. The number of rotatable bonds is 8. The van der Waals surface area contributed by atoms with Crippen LogP contribution < -0.4 is 14.8 Å². The number of para-hydroxylation sites is 1. The highest BCUT2D eigenvalue weighted by Gasteiger charge is 2.30. The van der Waals surface area contributed by atoms with Crippen molar-refractivity contribution in [3.8, 4) is 11.5 Å². The van der Waals surface area contributed by atoms with Gasteiger partial charge in [0, 0.05) is 24.1 Å². The maximum Gasteiger partial charge on any atom is 0.344 e. The summed E-state index contributed by atoms with van der Waals surface area (Å²) in [6, 6.07) is 27.5. The molecule has 5 rings (SSSR count). The van der Waals surface area contributed by atoms with Crippen LogP contribution in [0.15, 0.2) is 84.9 Å². The molecule has 0 bridgehead atoms. The molecule has 190 valence electrons. The Hall–Kier alpha value is -3.90. The summed E-state index contributed by atoms with van der Waals surface area (Å²) in [5.41, 5.74) is 3.04. The summed E-state index contributed by atoms with van der Waals surface area (Å²) in [6.07, 6.45) is -0.566. The van der Waals surface area contributed by atoms with Gasteiger partial charge in [0.05, 0.1) is 0 Å². The number of hydrogen-bond acceptors (Lipinski definition) is 4. The van der Waals surface area contributed by atoms with E-state index in [9.17, 15) is 9.18 Å². The summed E-state index contributed by atoms with van der Waals surface area (Å²) >= 11 is 0. The molecule has 0 amide bonds. The zero-order chi connectivity index (χ0) is 25.9. The van der Waals surface area contributed by atoms with E-state index in [0.29, 0.717) is 13.0 Å². The van der Waals surface area contributed by atoms with Gasteiger partial charge in [0.25, 0.3) is 0 Å². The molecule has 1 aliphatic rings. The lowest BCUT2D eigenvalue weighted by molar-refractivity contribution is -0.144. The first-order valence-electron chi connectivity index (χ1n) is 12.6. The van der Waals surface area contributed by atoms with Gasteiger partial charge in [-0.15, -0.1) is 0 Å². The quantitative estimate of drug-likeness (QED) is 0.291. The molecule has 0 spiro atoms. The van der Waals surface area contributed by atoms with Crippen molar-refractivity contribution >= 4 is 16.7 Å². The van der Waals surface area contributed by atoms with E-state index >= 15 is 0 Å². The number of ether oxygens (including phenoxy) is 2. The third-order valence-corrected chi connectivity index (χ3v) is 7.04. The molecule has 4 atom stereocenters. The van der Waals surface area contributed by atoms with Crippen LogP contribution in [0.2, 0.25) is 0 Å². The number of aliphatic carboxylic acids is 1. The van der Waals surface area contributed by atoms with Gasteiger partial charge in [-0.05, 0) is 60.4 Å². The summed E-state index contributed by atoms with van der Waals surface area (Å²) in [6.45, 7) is 4.17. The zero-order valence-electron chi connectivity index (χ0n) is 20.9. The highest BCUT2D eigenvalue weighted by Crippen LogP contribution is 2.41. The van der Waals surface area contributed by atoms with Crippen molar-refractivity contribution in [2.45, 2.75) is 44.4 Å². The van der Waals surface area contributed by atoms with Crippen LogP contribution in [0.1, 0.15) is 48.9 Å². The second kappa shape index (κ2) is 10.6. The Labute approximate surface area is 215 Å². The van der Waals surface area contributed by atoms with E-state index < -0.39 is 17.9 Å². The van der Waals surface area contributed by atoms with Crippen LogP contribution in [0.5, 0.6) is 11.5 Å². The second-order valence-electron chi connectivity index (χ2n) is 9.55. The molecular weight excluding hydrogens is 469 g/mol. The molecule has 37 heavy (non-hydrogen) atoms. The fourth-order valence-corrected chi connectivity index (χ4v) is 5.05. The number of carbonyl (C=O) groups is 1. The van der Waals surface area contributed by atoms with Gasteiger partial charge in [0.2, 0.25) is 0 Å². The van der Waals surface area contributed by atoms with Crippen molar-refractivity contribution < 1.29 is 23.8 Å². The van der Waals surface area contributed by atoms with Crippen LogP contribution in [0.25, 0.3) is 10.8 Å². The molecule has 0 aliphatic carbocycles. The number of fused-ring (bicyclic) bond motifs is 2. The molecule has 6 heteroatoms. The largest absolute Gasteiger partial charge is 0.489 e. The van der Waals surface area contributed by atoms with Crippen molar-refractivity contribution in [1.82, 2.24) is 5.32 Å². The van der Waals surface area contributed by atoms with E-state index in [-0.39, 0.29) is 23.8 Å². The summed E-state index contributed by atoms with van der Waals surface area (Å²) in [5, 5.41) is 15.2. The molecule has 0 saturated carbocycles. The van der Waals surface area contributed by atoms with Gasteiger partial charge in [-0.1, -0.05) is 66.7 Å². The fraction of sp³-hybridized carbons (Fsp3) is 0.258.